The van der Waals surface area contributed by atoms with Gasteiger partial charge in [0.15, 0.2) is 0 Å². The van der Waals surface area contributed by atoms with E-state index in [0.29, 0.717) is 6.04 Å². The predicted molar refractivity (Wildman–Crippen MR) is 68.5 cm³/mol. The molecule has 16 heavy (non-hydrogen) atoms. The summed E-state index contributed by atoms with van der Waals surface area (Å²) >= 11 is 1.94. The minimum Gasteiger partial charge on any atom is -0.368 e. The van der Waals surface area contributed by atoms with Crippen molar-refractivity contribution in [3.05, 3.63) is 0 Å². The Bertz CT molecular complexity index is 237. The molecule has 2 saturated carbocycles. The fourth-order valence-corrected chi connectivity index (χ4v) is 3.60. The number of primary amides is 1. The van der Waals surface area contributed by atoms with Gasteiger partial charge in [0, 0.05) is 17.0 Å². The summed E-state index contributed by atoms with van der Waals surface area (Å²) in [6.45, 7) is 0. The zero-order valence-electron chi connectivity index (χ0n) is 9.78. The Hall–Kier alpha value is -0.220. The molecule has 2 aliphatic rings. The number of hydrogen-bond acceptors (Lipinski definition) is 3. The molecule has 1 amide bonds. The molecule has 3 N–H and O–H groups in total. The molecular formula is C12H22N2OS. The fourth-order valence-electron chi connectivity index (χ4n) is 2.21. The number of nitrogens with two attached hydrogens (primary N) is 1. The average Bonchev–Trinajstić information content (AvgIpc) is 3.09. The zero-order valence-corrected chi connectivity index (χ0v) is 10.6. The van der Waals surface area contributed by atoms with Gasteiger partial charge in [0.2, 0.25) is 5.91 Å². The van der Waals surface area contributed by atoms with Crippen LogP contribution < -0.4 is 11.1 Å². The molecule has 0 aromatic rings. The van der Waals surface area contributed by atoms with Crippen LogP contribution in [0.15, 0.2) is 0 Å². The van der Waals surface area contributed by atoms with Crippen LogP contribution in [0.25, 0.3) is 0 Å². The third kappa shape index (κ3) is 3.98. The summed E-state index contributed by atoms with van der Waals surface area (Å²) in [5, 5.41) is 4.10. The van der Waals surface area contributed by atoms with Crippen LogP contribution in [0, 0.1) is 0 Å². The maximum atomic E-state index is 11.3. The molecule has 1 unspecified atom stereocenters. The Morgan fingerprint density at radius 1 is 1.25 bits per heavy atom. The number of carbonyl (C=O) groups excluding carboxylic acids is 1. The van der Waals surface area contributed by atoms with E-state index in [2.05, 4.69) is 5.32 Å². The summed E-state index contributed by atoms with van der Waals surface area (Å²) in [4.78, 5) is 11.3. The lowest BCUT2D eigenvalue weighted by molar-refractivity contribution is -0.119. The van der Waals surface area contributed by atoms with Gasteiger partial charge in [-0.25, -0.2) is 0 Å². The van der Waals surface area contributed by atoms with E-state index in [1.165, 1.54) is 44.9 Å². The third-order valence-electron chi connectivity index (χ3n) is 3.41. The number of nitrogens with one attached hydrogen (secondary N) is 1. The summed E-state index contributed by atoms with van der Waals surface area (Å²) in [6, 6.07) is 0.448. The highest BCUT2D eigenvalue weighted by Crippen LogP contribution is 2.29. The van der Waals surface area contributed by atoms with Crippen LogP contribution in [0.2, 0.25) is 0 Å². The summed E-state index contributed by atoms with van der Waals surface area (Å²) < 4.78 is 0. The fraction of sp³-hybridized carbons (Fsp3) is 0.917. The zero-order chi connectivity index (χ0) is 11.4. The smallest absolute Gasteiger partial charge is 0.235 e. The van der Waals surface area contributed by atoms with Crippen molar-refractivity contribution in [2.45, 2.75) is 62.3 Å². The molecule has 0 saturated heterocycles. The first-order valence-electron chi connectivity index (χ1n) is 6.42. The SMILES string of the molecule is NC(=O)C(CSC1CCCCC1)NC1CC1. The largest absolute Gasteiger partial charge is 0.368 e. The van der Waals surface area contributed by atoms with Gasteiger partial charge in [0.1, 0.15) is 0 Å². The van der Waals surface area contributed by atoms with Gasteiger partial charge in [-0.1, -0.05) is 19.3 Å². The van der Waals surface area contributed by atoms with Crippen LogP contribution in [0.4, 0.5) is 0 Å². The van der Waals surface area contributed by atoms with Crippen molar-refractivity contribution < 1.29 is 4.79 Å². The quantitative estimate of drug-likeness (QED) is 0.745. The van der Waals surface area contributed by atoms with Crippen molar-refractivity contribution in [2.24, 2.45) is 5.73 Å². The van der Waals surface area contributed by atoms with Crippen LogP contribution in [-0.4, -0.2) is 29.0 Å². The molecule has 0 radical (unpaired) electrons. The molecule has 4 heteroatoms. The van der Waals surface area contributed by atoms with E-state index in [-0.39, 0.29) is 11.9 Å². The van der Waals surface area contributed by atoms with Crippen LogP contribution >= 0.6 is 11.8 Å². The molecule has 0 heterocycles. The topological polar surface area (TPSA) is 55.1 Å². The number of thioether (sulfide) groups is 1. The molecular weight excluding hydrogens is 220 g/mol. The van der Waals surface area contributed by atoms with Crippen molar-refractivity contribution in [2.75, 3.05) is 5.75 Å². The van der Waals surface area contributed by atoms with Gasteiger partial charge >= 0.3 is 0 Å². The van der Waals surface area contributed by atoms with Crippen LogP contribution in [0.5, 0.6) is 0 Å². The van der Waals surface area contributed by atoms with Gasteiger partial charge < -0.3 is 11.1 Å². The van der Waals surface area contributed by atoms with Gasteiger partial charge in [0.25, 0.3) is 0 Å². The van der Waals surface area contributed by atoms with Crippen molar-refractivity contribution in [3.8, 4) is 0 Å². The standard InChI is InChI=1S/C12H22N2OS/c13-12(15)11(14-9-6-7-9)8-16-10-4-2-1-3-5-10/h9-11,14H,1-8H2,(H2,13,15). The molecule has 0 bridgehead atoms. The normalized spacial score (nSPS) is 24.2. The molecule has 0 aromatic carbocycles. The second kappa shape index (κ2) is 5.92. The van der Waals surface area contributed by atoms with E-state index in [1.54, 1.807) is 0 Å². The molecule has 2 fully saturated rings. The van der Waals surface area contributed by atoms with Gasteiger partial charge in [-0.2, -0.15) is 11.8 Å². The second-order valence-corrected chi connectivity index (χ2v) is 6.32. The highest BCUT2D eigenvalue weighted by Gasteiger charge is 2.27. The lowest BCUT2D eigenvalue weighted by Crippen LogP contribution is -2.44. The van der Waals surface area contributed by atoms with Crippen molar-refractivity contribution in [1.29, 1.82) is 0 Å². The summed E-state index contributed by atoms with van der Waals surface area (Å²) in [6.07, 6.45) is 9.15. The van der Waals surface area contributed by atoms with E-state index >= 15 is 0 Å². The van der Waals surface area contributed by atoms with Crippen LogP contribution in [0.1, 0.15) is 44.9 Å². The lowest BCUT2D eigenvalue weighted by atomic mass is 10.0. The minimum atomic E-state index is -0.185. The Labute approximate surface area is 102 Å². The first-order valence-corrected chi connectivity index (χ1v) is 7.47. The molecule has 1 atom stereocenters. The van der Waals surface area contributed by atoms with E-state index in [4.69, 9.17) is 5.73 Å². The van der Waals surface area contributed by atoms with Gasteiger partial charge in [-0.3, -0.25) is 4.79 Å². The molecule has 0 spiro atoms. The summed E-state index contributed by atoms with van der Waals surface area (Å²) in [5.41, 5.74) is 5.41. The molecule has 92 valence electrons. The average molecular weight is 242 g/mol. The second-order valence-electron chi connectivity index (χ2n) is 4.99. The summed E-state index contributed by atoms with van der Waals surface area (Å²) in [7, 11) is 0. The highest BCUT2D eigenvalue weighted by molar-refractivity contribution is 7.99. The minimum absolute atomic E-state index is 0.112. The molecule has 2 rings (SSSR count). The molecule has 3 nitrogen and oxygen atoms in total. The Balaban J connectivity index is 1.69. The highest BCUT2D eigenvalue weighted by atomic mass is 32.2. The van der Waals surface area contributed by atoms with Crippen molar-refractivity contribution in [3.63, 3.8) is 0 Å². The first-order chi connectivity index (χ1) is 7.75. The first kappa shape index (κ1) is 12.2. The Morgan fingerprint density at radius 2 is 1.94 bits per heavy atom. The monoisotopic (exact) mass is 242 g/mol. The van der Waals surface area contributed by atoms with Crippen LogP contribution in [-0.2, 0) is 4.79 Å². The van der Waals surface area contributed by atoms with Crippen molar-refractivity contribution in [1.82, 2.24) is 5.32 Å². The predicted octanol–water partition coefficient (Wildman–Crippen LogP) is 1.66. The van der Waals surface area contributed by atoms with E-state index in [0.717, 1.165) is 11.0 Å². The third-order valence-corrected chi connectivity index (χ3v) is 4.88. The van der Waals surface area contributed by atoms with Gasteiger partial charge in [0.05, 0.1) is 6.04 Å². The number of carbonyl (C=O) groups is 1. The van der Waals surface area contributed by atoms with E-state index in [9.17, 15) is 4.79 Å². The van der Waals surface area contributed by atoms with Crippen LogP contribution in [0.3, 0.4) is 0 Å². The van der Waals surface area contributed by atoms with E-state index in [1.807, 2.05) is 11.8 Å². The molecule has 0 aliphatic heterocycles. The maximum absolute atomic E-state index is 11.3. The Morgan fingerprint density at radius 3 is 2.50 bits per heavy atom. The molecule has 2 aliphatic carbocycles. The number of amides is 1. The molecule has 0 aromatic heterocycles. The maximum Gasteiger partial charge on any atom is 0.235 e. The van der Waals surface area contributed by atoms with Crippen molar-refractivity contribution >= 4 is 17.7 Å². The number of rotatable bonds is 6. The van der Waals surface area contributed by atoms with E-state index < -0.39 is 0 Å². The lowest BCUT2D eigenvalue weighted by Gasteiger charge is -2.23. The van der Waals surface area contributed by atoms with Gasteiger partial charge in [-0.05, 0) is 25.7 Å². The van der Waals surface area contributed by atoms with Gasteiger partial charge in [-0.15, -0.1) is 0 Å². The Kier molecular flexibility index (Phi) is 4.53. The summed E-state index contributed by atoms with van der Waals surface area (Å²) in [5.74, 6) is 0.673. The number of hydrogen-bond donors (Lipinski definition) is 2.